The number of nitrogen functional groups attached to an aromatic ring is 1. The second-order valence-corrected chi connectivity index (χ2v) is 4.64. The lowest BCUT2D eigenvalue weighted by atomic mass is 10.0. The smallest absolute Gasteiger partial charge is 0.151 e. The number of aliphatic hydroxyl groups excluding tert-OH is 2. The first kappa shape index (κ1) is 11.4. The Morgan fingerprint density at radius 3 is 2.72 bits per heavy atom. The summed E-state index contributed by atoms with van der Waals surface area (Å²) in [6.07, 6.45) is 1.46. The van der Waals surface area contributed by atoms with Crippen molar-refractivity contribution in [2.75, 3.05) is 5.73 Å². The Labute approximate surface area is 103 Å². The topological polar surface area (TPSA) is 120 Å². The van der Waals surface area contributed by atoms with E-state index < -0.39 is 12.2 Å². The van der Waals surface area contributed by atoms with Gasteiger partial charge in [0.25, 0.3) is 0 Å². The van der Waals surface area contributed by atoms with Crippen LogP contribution in [0.15, 0.2) is 12.5 Å². The van der Waals surface area contributed by atoms with E-state index in [0.29, 0.717) is 16.9 Å². The van der Waals surface area contributed by atoms with Gasteiger partial charge in [-0.2, -0.15) is 0 Å². The fraction of sp³-hybridized carbons (Fsp3) is 0.455. The van der Waals surface area contributed by atoms with Gasteiger partial charge in [0, 0.05) is 17.8 Å². The Balaban J connectivity index is 2.08. The summed E-state index contributed by atoms with van der Waals surface area (Å²) in [7, 11) is 0. The lowest BCUT2D eigenvalue weighted by molar-refractivity contribution is 0.0303. The van der Waals surface area contributed by atoms with Gasteiger partial charge < -0.3 is 26.2 Å². The molecule has 4 atom stereocenters. The number of nitrogens with zero attached hydrogens (tertiary/aromatic N) is 2. The molecule has 0 amide bonds. The van der Waals surface area contributed by atoms with Gasteiger partial charge in [-0.25, -0.2) is 9.97 Å². The number of rotatable bonds is 1. The van der Waals surface area contributed by atoms with E-state index in [1.165, 1.54) is 6.33 Å². The van der Waals surface area contributed by atoms with Gasteiger partial charge in [-0.1, -0.05) is 0 Å². The number of aliphatic hydroxyl groups is 2. The van der Waals surface area contributed by atoms with Crippen LogP contribution in [0.3, 0.4) is 0 Å². The molecule has 0 bridgehead atoms. The van der Waals surface area contributed by atoms with Crippen molar-refractivity contribution in [2.45, 2.75) is 31.2 Å². The predicted molar refractivity (Wildman–Crippen MR) is 65.7 cm³/mol. The van der Waals surface area contributed by atoms with Gasteiger partial charge >= 0.3 is 0 Å². The highest BCUT2D eigenvalue weighted by atomic mass is 16.3. The summed E-state index contributed by atoms with van der Waals surface area (Å²) in [5.74, 6) is 0.368. The largest absolute Gasteiger partial charge is 0.389 e. The Morgan fingerprint density at radius 2 is 2.06 bits per heavy atom. The predicted octanol–water partition coefficient (Wildman–Crippen LogP) is -0.705. The molecule has 1 saturated heterocycles. The van der Waals surface area contributed by atoms with Crippen molar-refractivity contribution in [1.82, 2.24) is 20.3 Å². The molecule has 7 nitrogen and oxygen atoms in total. The minimum absolute atomic E-state index is 0.172. The van der Waals surface area contributed by atoms with Crippen LogP contribution in [0.2, 0.25) is 0 Å². The normalized spacial score (nSPS) is 32.2. The van der Waals surface area contributed by atoms with Crippen LogP contribution in [0, 0.1) is 0 Å². The number of hydrogen-bond donors (Lipinski definition) is 5. The van der Waals surface area contributed by atoms with Crippen LogP contribution in [0.5, 0.6) is 0 Å². The molecule has 0 spiro atoms. The zero-order valence-corrected chi connectivity index (χ0v) is 9.83. The SMILES string of the molecule is C[C@H]1N[C@@H](c2c[nH]c3c(N)ncnc23)[C@@H](O)C1O. The van der Waals surface area contributed by atoms with Crippen LogP contribution >= 0.6 is 0 Å². The second-order valence-electron chi connectivity index (χ2n) is 4.64. The van der Waals surface area contributed by atoms with Crippen molar-refractivity contribution in [3.8, 4) is 0 Å². The van der Waals surface area contributed by atoms with Gasteiger partial charge in [0.1, 0.15) is 17.9 Å². The summed E-state index contributed by atoms with van der Waals surface area (Å²) in [5, 5.41) is 23.0. The van der Waals surface area contributed by atoms with Crippen molar-refractivity contribution in [3.05, 3.63) is 18.1 Å². The molecule has 0 aromatic carbocycles. The zero-order chi connectivity index (χ0) is 12.9. The van der Waals surface area contributed by atoms with E-state index in [1.54, 1.807) is 6.20 Å². The molecule has 0 aliphatic carbocycles. The van der Waals surface area contributed by atoms with Crippen molar-refractivity contribution in [3.63, 3.8) is 0 Å². The molecule has 1 aliphatic rings. The molecule has 18 heavy (non-hydrogen) atoms. The maximum Gasteiger partial charge on any atom is 0.151 e. The fourth-order valence-corrected chi connectivity index (χ4v) is 2.46. The van der Waals surface area contributed by atoms with E-state index in [-0.39, 0.29) is 12.1 Å². The first-order valence-corrected chi connectivity index (χ1v) is 5.79. The first-order chi connectivity index (χ1) is 8.59. The maximum absolute atomic E-state index is 10.0. The Bertz CT molecular complexity index is 584. The maximum atomic E-state index is 10.0. The second kappa shape index (κ2) is 3.91. The minimum atomic E-state index is -0.866. The summed E-state index contributed by atoms with van der Waals surface area (Å²) >= 11 is 0. The average Bonchev–Trinajstić information content (AvgIpc) is 2.88. The van der Waals surface area contributed by atoms with E-state index >= 15 is 0 Å². The molecule has 7 heteroatoms. The highest BCUT2D eigenvalue weighted by Gasteiger charge is 2.40. The molecule has 1 fully saturated rings. The third-order valence-electron chi connectivity index (χ3n) is 3.50. The summed E-state index contributed by atoms with van der Waals surface area (Å²) in [5.41, 5.74) is 7.85. The summed E-state index contributed by atoms with van der Waals surface area (Å²) in [6.45, 7) is 1.83. The van der Waals surface area contributed by atoms with Crippen LogP contribution in [0.25, 0.3) is 11.0 Å². The molecule has 1 unspecified atom stereocenters. The van der Waals surface area contributed by atoms with Crippen molar-refractivity contribution < 1.29 is 10.2 Å². The minimum Gasteiger partial charge on any atom is -0.389 e. The van der Waals surface area contributed by atoms with E-state index in [2.05, 4.69) is 20.3 Å². The van der Waals surface area contributed by atoms with E-state index in [1.807, 2.05) is 6.92 Å². The quantitative estimate of drug-likeness (QED) is 0.455. The van der Waals surface area contributed by atoms with Crippen LogP contribution < -0.4 is 11.1 Å². The van der Waals surface area contributed by atoms with Crippen LogP contribution in [0.1, 0.15) is 18.5 Å². The van der Waals surface area contributed by atoms with Gasteiger partial charge in [-0.3, -0.25) is 0 Å². The zero-order valence-electron chi connectivity index (χ0n) is 9.83. The Hall–Kier alpha value is -1.70. The standard InChI is InChI=1S/C11H15N5O2/c1-4-9(17)10(18)7(16-4)5-2-13-8-6(5)14-3-15-11(8)12/h2-4,7,9-10,13,16-18H,1H3,(H2,12,14,15)/t4-,7+,9?,10-/m1/s1. The first-order valence-electron chi connectivity index (χ1n) is 5.79. The third-order valence-corrected chi connectivity index (χ3v) is 3.50. The molecule has 0 radical (unpaired) electrons. The molecule has 2 aromatic rings. The van der Waals surface area contributed by atoms with Crippen LogP contribution in [-0.2, 0) is 0 Å². The number of nitrogens with two attached hydrogens (primary N) is 1. The summed E-state index contributed by atoms with van der Waals surface area (Å²) in [6, 6.07) is -0.535. The number of hydrogen-bond acceptors (Lipinski definition) is 6. The van der Waals surface area contributed by atoms with Crippen molar-refractivity contribution >= 4 is 16.9 Å². The number of nitrogens with one attached hydrogen (secondary N) is 2. The van der Waals surface area contributed by atoms with E-state index in [0.717, 1.165) is 5.56 Å². The van der Waals surface area contributed by atoms with Gasteiger partial charge in [-0.15, -0.1) is 0 Å². The van der Waals surface area contributed by atoms with Gasteiger partial charge in [0.2, 0.25) is 0 Å². The van der Waals surface area contributed by atoms with Crippen LogP contribution in [-0.4, -0.2) is 43.4 Å². The molecule has 96 valence electrons. The number of aromatic amines is 1. The molecular weight excluding hydrogens is 234 g/mol. The van der Waals surface area contributed by atoms with Gasteiger partial charge in [0.05, 0.1) is 17.7 Å². The Morgan fingerprint density at radius 1 is 1.28 bits per heavy atom. The summed E-state index contributed by atoms with van der Waals surface area (Å²) < 4.78 is 0. The van der Waals surface area contributed by atoms with Gasteiger partial charge in [-0.05, 0) is 6.92 Å². The lowest BCUT2D eigenvalue weighted by Crippen LogP contribution is -2.29. The lowest BCUT2D eigenvalue weighted by Gasteiger charge is -2.14. The average molecular weight is 249 g/mol. The molecule has 2 aromatic heterocycles. The highest BCUT2D eigenvalue weighted by molar-refractivity contribution is 5.87. The molecule has 1 aliphatic heterocycles. The van der Waals surface area contributed by atoms with Gasteiger partial charge in [0.15, 0.2) is 5.82 Å². The molecule has 3 heterocycles. The van der Waals surface area contributed by atoms with Crippen molar-refractivity contribution in [2.24, 2.45) is 0 Å². The number of anilines is 1. The molecule has 3 rings (SSSR count). The highest BCUT2D eigenvalue weighted by Crippen LogP contribution is 2.32. The van der Waals surface area contributed by atoms with Crippen molar-refractivity contribution in [1.29, 1.82) is 0 Å². The third kappa shape index (κ3) is 1.48. The molecular formula is C11H15N5O2. The monoisotopic (exact) mass is 249 g/mol. The van der Waals surface area contributed by atoms with E-state index in [4.69, 9.17) is 5.73 Å². The Kier molecular flexibility index (Phi) is 2.47. The fourth-order valence-electron chi connectivity index (χ4n) is 2.46. The summed E-state index contributed by atoms with van der Waals surface area (Å²) in [4.78, 5) is 11.1. The number of aromatic nitrogens is 3. The molecule has 0 saturated carbocycles. The van der Waals surface area contributed by atoms with E-state index in [9.17, 15) is 10.2 Å². The number of H-pyrrole nitrogens is 1. The number of fused-ring (bicyclic) bond motifs is 1. The molecule has 6 N–H and O–H groups in total. The van der Waals surface area contributed by atoms with Crippen LogP contribution in [0.4, 0.5) is 5.82 Å².